The Morgan fingerprint density at radius 2 is 1.70 bits per heavy atom. The van der Waals surface area contributed by atoms with E-state index in [1.54, 1.807) is 44.5 Å². The molecule has 2 unspecified atom stereocenters. The van der Waals surface area contributed by atoms with Gasteiger partial charge in [0.05, 0.1) is 60.4 Å². The average Bonchev–Trinajstić information content (AvgIpc) is 3.78. The van der Waals surface area contributed by atoms with Gasteiger partial charge in [-0.3, -0.25) is 43.9 Å². The third-order valence-electron chi connectivity index (χ3n) is 11.3. The number of hydrogen-bond donors (Lipinski definition) is 2. The molecule has 7 rings (SSSR count). The van der Waals surface area contributed by atoms with Crippen molar-refractivity contribution in [3.8, 4) is 28.4 Å². The van der Waals surface area contributed by atoms with E-state index in [9.17, 15) is 28.8 Å². The Bertz CT molecular complexity index is 2440. The van der Waals surface area contributed by atoms with E-state index in [0.29, 0.717) is 71.6 Å². The molecule has 2 N–H and O–H groups in total. The number of carbonyl (C=O) groups excluding carboxylic acids is 5. The topological polar surface area (TPSA) is 169 Å². The first kappa shape index (κ1) is 43.4. The monoisotopic (exact) mass is 862 g/mol. The molecular formula is C43H48F2N6O9S. The molecule has 0 bridgehead atoms. The van der Waals surface area contributed by atoms with Gasteiger partial charge in [-0.1, -0.05) is 6.07 Å². The molecule has 18 heteroatoms. The number of ether oxygens (including phenoxy) is 3. The number of methoxy groups -OCH3 is 2. The lowest BCUT2D eigenvalue weighted by atomic mass is 10.00. The van der Waals surface area contributed by atoms with Gasteiger partial charge in [0.1, 0.15) is 23.3 Å². The molecule has 0 saturated carbocycles. The van der Waals surface area contributed by atoms with E-state index in [2.05, 4.69) is 10.6 Å². The number of halogens is 2. The second-order valence-corrected chi connectivity index (χ2v) is 16.8. The molecule has 2 atom stereocenters. The largest absolute Gasteiger partial charge is 0.496 e. The summed E-state index contributed by atoms with van der Waals surface area (Å²) in [5.74, 6) is -4.93. The molecule has 15 nitrogen and oxygen atoms in total. The molecular weight excluding hydrogens is 815 g/mol. The SMILES string of the molecule is COc1cc(-c2cn(C)c(=O)c3cc(C(=O)NC4CCN(CCCCCOc5cccc6c5C(=O)N(C5CCC(=O)NC5=O)C6=O)CC4(F)F)sc23)cc(OC)c1CN(C)C. The summed E-state index contributed by atoms with van der Waals surface area (Å²) in [6.07, 6.45) is 3.55. The maximum absolute atomic E-state index is 15.6. The molecule has 2 saturated heterocycles. The van der Waals surface area contributed by atoms with Crippen molar-refractivity contribution >= 4 is 51.0 Å². The molecule has 0 spiro atoms. The number of piperidine rings is 2. The van der Waals surface area contributed by atoms with Crippen molar-refractivity contribution in [2.75, 3.05) is 54.6 Å². The van der Waals surface area contributed by atoms with Gasteiger partial charge in [0, 0.05) is 43.0 Å². The van der Waals surface area contributed by atoms with Crippen molar-refractivity contribution < 1.29 is 47.0 Å². The van der Waals surface area contributed by atoms with Gasteiger partial charge >= 0.3 is 0 Å². The number of likely N-dealkylation sites (tertiary alicyclic amines) is 1. The number of benzene rings is 2. The number of fused-ring (bicyclic) bond motifs is 2. The summed E-state index contributed by atoms with van der Waals surface area (Å²) in [7, 11) is 8.61. The number of unbranched alkanes of at least 4 members (excludes halogenated alkanes) is 2. The number of nitrogens with zero attached hydrogens (tertiary/aromatic N) is 4. The average molecular weight is 863 g/mol. The fourth-order valence-electron chi connectivity index (χ4n) is 8.19. The van der Waals surface area contributed by atoms with Gasteiger partial charge in [0.15, 0.2) is 0 Å². The summed E-state index contributed by atoms with van der Waals surface area (Å²) >= 11 is 1.07. The Hall–Kier alpha value is -5.72. The fraction of sp³-hybridized carbons (Fsp3) is 0.442. The molecule has 3 aliphatic rings. The first-order valence-electron chi connectivity index (χ1n) is 20.0. The standard InChI is InChI=1S/C43H48F2N6O9S/c1-48(2)21-28-31(58-4)18-24(19-32(28)59-5)27-22-49(3)40(55)26-20-33(61-37(26)27)39(54)46-34-14-16-50(23-43(34,44)45)15-7-6-8-17-60-30-11-9-10-25-36(30)42(57)51(41(25)56)29-12-13-35(52)47-38(29)53/h9-11,18-20,22,29,34H,6-8,12-17,21,23H2,1-5H3,(H,46,54)(H,47,52,53). The zero-order valence-electron chi connectivity index (χ0n) is 34.6. The van der Waals surface area contributed by atoms with Crippen LogP contribution < -0.4 is 30.4 Å². The number of rotatable bonds is 15. The minimum Gasteiger partial charge on any atom is -0.496 e. The normalized spacial score (nSPS) is 19.0. The van der Waals surface area contributed by atoms with Crippen LogP contribution >= 0.6 is 11.3 Å². The summed E-state index contributed by atoms with van der Waals surface area (Å²) in [5.41, 5.74) is 2.07. The van der Waals surface area contributed by atoms with E-state index in [4.69, 9.17) is 14.2 Å². The Kier molecular flexibility index (Phi) is 12.6. The van der Waals surface area contributed by atoms with Crippen LogP contribution in [0.4, 0.5) is 8.78 Å². The Morgan fingerprint density at radius 3 is 2.38 bits per heavy atom. The van der Waals surface area contributed by atoms with Crippen molar-refractivity contribution in [3.05, 3.63) is 74.5 Å². The number of amides is 5. The quantitative estimate of drug-likeness (QED) is 0.128. The van der Waals surface area contributed by atoms with Gasteiger partial charge in [0.2, 0.25) is 11.8 Å². The third kappa shape index (κ3) is 8.74. The zero-order valence-corrected chi connectivity index (χ0v) is 35.4. The van der Waals surface area contributed by atoms with Gasteiger partial charge in [-0.25, -0.2) is 8.78 Å². The molecule has 5 amide bonds. The predicted octanol–water partition coefficient (Wildman–Crippen LogP) is 4.44. The maximum Gasteiger partial charge on any atom is 0.280 e. The van der Waals surface area contributed by atoms with Crippen LogP contribution in [0.3, 0.4) is 0 Å². The van der Waals surface area contributed by atoms with Gasteiger partial charge in [-0.05, 0) is 88.6 Å². The summed E-state index contributed by atoms with van der Waals surface area (Å²) in [4.78, 5) is 81.9. The van der Waals surface area contributed by atoms with Crippen LogP contribution in [0.15, 0.2) is 47.4 Å². The molecule has 2 aromatic carbocycles. The minimum absolute atomic E-state index is 0.0143. The van der Waals surface area contributed by atoms with Crippen LogP contribution in [0, 0.1) is 0 Å². The number of hydrogen-bond acceptors (Lipinski definition) is 12. The van der Waals surface area contributed by atoms with Gasteiger partial charge in [0.25, 0.3) is 29.2 Å². The number of thiophene rings is 1. The highest BCUT2D eigenvalue weighted by Crippen LogP contribution is 2.40. The first-order valence-corrected chi connectivity index (χ1v) is 20.8. The summed E-state index contributed by atoms with van der Waals surface area (Å²) in [6, 6.07) is 7.34. The van der Waals surface area contributed by atoms with Crippen molar-refractivity contribution in [2.45, 2.75) is 63.1 Å². The zero-order chi connectivity index (χ0) is 43.7. The van der Waals surface area contributed by atoms with E-state index < -0.39 is 54.1 Å². The van der Waals surface area contributed by atoms with Crippen molar-refractivity contribution in [1.82, 2.24) is 29.9 Å². The maximum atomic E-state index is 15.6. The van der Waals surface area contributed by atoms with Crippen LogP contribution in [0.2, 0.25) is 0 Å². The molecule has 61 heavy (non-hydrogen) atoms. The van der Waals surface area contributed by atoms with E-state index >= 15 is 8.78 Å². The van der Waals surface area contributed by atoms with Crippen LogP contribution in [0.25, 0.3) is 21.2 Å². The van der Waals surface area contributed by atoms with Crippen LogP contribution in [-0.2, 0) is 23.2 Å². The van der Waals surface area contributed by atoms with E-state index in [-0.39, 0.29) is 53.2 Å². The molecule has 4 aromatic rings. The van der Waals surface area contributed by atoms with Crippen molar-refractivity contribution in [3.63, 3.8) is 0 Å². The number of imide groups is 2. The molecule has 5 heterocycles. The van der Waals surface area contributed by atoms with Crippen molar-refractivity contribution in [2.24, 2.45) is 7.05 Å². The summed E-state index contributed by atoms with van der Waals surface area (Å²) < 4.78 is 50.5. The van der Waals surface area contributed by atoms with Gasteiger partial charge in [-0.2, -0.15) is 0 Å². The number of carbonyl (C=O) groups is 5. The van der Waals surface area contributed by atoms with Gasteiger partial charge < -0.3 is 29.0 Å². The highest BCUT2D eigenvalue weighted by Gasteiger charge is 2.47. The molecule has 324 valence electrons. The lowest BCUT2D eigenvalue weighted by Crippen LogP contribution is -2.58. The van der Waals surface area contributed by atoms with Gasteiger partial charge in [-0.15, -0.1) is 11.3 Å². The van der Waals surface area contributed by atoms with Crippen LogP contribution in [0.5, 0.6) is 17.2 Å². The molecule has 0 radical (unpaired) electrons. The Balaban J connectivity index is 0.929. The number of pyridine rings is 1. The second-order valence-electron chi connectivity index (χ2n) is 15.8. The smallest absolute Gasteiger partial charge is 0.280 e. The third-order valence-corrected chi connectivity index (χ3v) is 12.4. The molecule has 2 fully saturated rings. The highest BCUT2D eigenvalue weighted by atomic mass is 32.1. The summed E-state index contributed by atoms with van der Waals surface area (Å²) in [5, 5.41) is 5.03. The number of alkyl halides is 2. The van der Waals surface area contributed by atoms with E-state index in [0.717, 1.165) is 21.8 Å². The Labute approximate surface area is 354 Å². The number of aromatic nitrogens is 1. The highest BCUT2D eigenvalue weighted by molar-refractivity contribution is 7.21. The predicted molar refractivity (Wildman–Crippen MR) is 223 cm³/mol. The molecule has 0 aliphatic carbocycles. The molecule has 3 aliphatic heterocycles. The summed E-state index contributed by atoms with van der Waals surface area (Å²) in [6.45, 7) is 0.978. The Morgan fingerprint density at radius 1 is 0.967 bits per heavy atom. The van der Waals surface area contributed by atoms with Crippen molar-refractivity contribution in [1.29, 1.82) is 0 Å². The molecule has 2 aromatic heterocycles. The fourth-order valence-corrected chi connectivity index (χ4v) is 9.27. The lowest BCUT2D eigenvalue weighted by Gasteiger charge is -2.38. The first-order chi connectivity index (χ1) is 29.1. The van der Waals surface area contributed by atoms with Crippen LogP contribution in [-0.4, -0.2) is 121 Å². The number of nitrogens with one attached hydrogen (secondary N) is 2. The minimum atomic E-state index is -3.21. The lowest BCUT2D eigenvalue weighted by molar-refractivity contribution is -0.136. The van der Waals surface area contributed by atoms with E-state index in [1.807, 2.05) is 31.1 Å². The van der Waals surface area contributed by atoms with E-state index in [1.165, 1.54) is 16.7 Å². The van der Waals surface area contributed by atoms with Crippen LogP contribution in [0.1, 0.15) is 74.5 Å². The number of aryl methyl sites for hydroxylation is 1. The second kappa shape index (κ2) is 17.7.